The van der Waals surface area contributed by atoms with E-state index in [1.54, 1.807) is 6.20 Å². The van der Waals surface area contributed by atoms with Gasteiger partial charge in [-0.3, -0.25) is 0 Å². The van der Waals surface area contributed by atoms with Gasteiger partial charge in [0.2, 0.25) is 0 Å². The zero-order chi connectivity index (χ0) is 13.3. The van der Waals surface area contributed by atoms with E-state index >= 15 is 0 Å². The molecular weight excluding hydrogens is 239 g/mol. The first kappa shape index (κ1) is 12.4. The van der Waals surface area contributed by atoms with Crippen molar-refractivity contribution in [2.45, 2.75) is 13.8 Å². The number of aromatic nitrogens is 2. The average molecular weight is 256 g/mol. The van der Waals surface area contributed by atoms with E-state index in [0.717, 1.165) is 11.4 Å². The monoisotopic (exact) mass is 256 g/mol. The van der Waals surface area contributed by atoms with Gasteiger partial charge in [-0.25, -0.2) is 4.98 Å². The fourth-order valence-corrected chi connectivity index (χ4v) is 2.14. The molecule has 0 bridgehead atoms. The topological polar surface area (TPSA) is 36.3 Å². The fourth-order valence-electron chi connectivity index (χ4n) is 2.14. The van der Waals surface area contributed by atoms with Crippen molar-refractivity contribution in [1.82, 2.24) is 9.55 Å². The number of nitrogens with zero attached hydrogens (tertiary/aromatic N) is 2. The van der Waals surface area contributed by atoms with E-state index < -0.39 is 0 Å². The number of para-hydroxylation sites is 1. The maximum atomic E-state index is 5.79. The molecule has 0 unspecified atom stereocenters. The molecule has 1 aromatic heterocycles. The van der Waals surface area contributed by atoms with Gasteiger partial charge in [-0.2, -0.15) is 0 Å². The van der Waals surface area contributed by atoms with Crippen molar-refractivity contribution in [3.8, 4) is 5.69 Å². The summed E-state index contributed by atoms with van der Waals surface area (Å²) in [6.45, 7) is 5.62. The molecule has 4 nitrogen and oxygen atoms in total. The normalized spacial score (nSPS) is 18.5. The number of imidazole rings is 1. The summed E-state index contributed by atoms with van der Waals surface area (Å²) in [6.07, 6.45) is 3.70. The van der Waals surface area contributed by atoms with Gasteiger partial charge in [-0.05, 0) is 12.1 Å². The van der Waals surface area contributed by atoms with Crippen LogP contribution in [0.25, 0.3) is 5.69 Å². The summed E-state index contributed by atoms with van der Waals surface area (Å²) >= 11 is 0. The first-order valence-electron chi connectivity index (χ1n) is 6.48. The molecule has 3 rings (SSSR count). The van der Waals surface area contributed by atoms with Crippen LogP contribution in [0.3, 0.4) is 0 Å². The van der Waals surface area contributed by atoms with Crippen molar-refractivity contribution in [1.29, 1.82) is 0 Å². The van der Waals surface area contributed by atoms with Gasteiger partial charge in [-0.1, -0.05) is 32.0 Å². The van der Waals surface area contributed by atoms with Crippen LogP contribution >= 0.6 is 0 Å². The summed E-state index contributed by atoms with van der Waals surface area (Å²) in [7, 11) is -0.386. The third-order valence-electron chi connectivity index (χ3n) is 3.17. The van der Waals surface area contributed by atoms with Gasteiger partial charge < -0.3 is 13.9 Å². The molecule has 0 atom stereocenters. The molecule has 19 heavy (non-hydrogen) atoms. The van der Waals surface area contributed by atoms with Gasteiger partial charge in [0.25, 0.3) is 0 Å². The zero-order valence-corrected chi connectivity index (χ0v) is 11.2. The zero-order valence-electron chi connectivity index (χ0n) is 11.2. The predicted octanol–water partition coefficient (Wildman–Crippen LogP) is 1.64. The van der Waals surface area contributed by atoms with Crippen molar-refractivity contribution in [2.75, 3.05) is 13.2 Å². The van der Waals surface area contributed by atoms with E-state index in [1.165, 1.54) is 0 Å². The molecule has 0 amide bonds. The second-order valence-electron chi connectivity index (χ2n) is 5.61. The van der Waals surface area contributed by atoms with Gasteiger partial charge in [-0.15, -0.1) is 0 Å². The molecule has 0 aliphatic carbocycles. The maximum absolute atomic E-state index is 5.79. The van der Waals surface area contributed by atoms with E-state index in [-0.39, 0.29) is 12.5 Å². The fraction of sp³-hybridized carbons (Fsp3) is 0.357. The molecule has 2 aromatic rings. The average Bonchev–Trinajstić information content (AvgIpc) is 2.89. The molecule has 1 aromatic carbocycles. The Morgan fingerprint density at radius 3 is 2.53 bits per heavy atom. The molecule has 0 saturated carbocycles. The Labute approximate surface area is 113 Å². The van der Waals surface area contributed by atoms with Gasteiger partial charge >= 0.3 is 7.12 Å². The smallest absolute Gasteiger partial charge is 0.405 e. The highest BCUT2D eigenvalue weighted by Gasteiger charge is 2.36. The number of hydrogen-bond acceptors (Lipinski definition) is 3. The van der Waals surface area contributed by atoms with Gasteiger partial charge in [0.05, 0.1) is 0 Å². The highest BCUT2D eigenvalue weighted by molar-refractivity contribution is 6.59. The second-order valence-corrected chi connectivity index (χ2v) is 5.61. The van der Waals surface area contributed by atoms with Crippen molar-refractivity contribution in [3.05, 3.63) is 42.7 Å². The molecule has 1 fully saturated rings. The minimum atomic E-state index is -0.386. The number of benzene rings is 1. The third-order valence-corrected chi connectivity index (χ3v) is 3.17. The Morgan fingerprint density at radius 2 is 1.84 bits per heavy atom. The second kappa shape index (κ2) is 4.83. The van der Waals surface area contributed by atoms with Gasteiger partial charge in [0.15, 0.2) is 0 Å². The molecular formula is C14H17BN2O2. The molecule has 1 aliphatic rings. The molecule has 0 N–H and O–H groups in total. The Kier molecular flexibility index (Phi) is 3.17. The van der Waals surface area contributed by atoms with Crippen LogP contribution in [0, 0.1) is 5.41 Å². The van der Waals surface area contributed by atoms with Crippen LogP contribution in [0.2, 0.25) is 0 Å². The summed E-state index contributed by atoms with van der Waals surface area (Å²) in [5, 5.41) is 0. The lowest BCUT2D eigenvalue weighted by Gasteiger charge is -2.32. The van der Waals surface area contributed by atoms with E-state index in [9.17, 15) is 0 Å². The Hall–Kier alpha value is -1.59. The Balaban J connectivity index is 1.86. The highest BCUT2D eigenvalue weighted by atomic mass is 16.6. The molecule has 98 valence electrons. The summed E-state index contributed by atoms with van der Waals surface area (Å²) < 4.78 is 13.6. The lowest BCUT2D eigenvalue weighted by molar-refractivity contribution is 0.0335. The third kappa shape index (κ3) is 2.57. The van der Waals surface area contributed by atoms with Crippen LogP contribution in [-0.2, 0) is 9.31 Å². The highest BCUT2D eigenvalue weighted by Crippen LogP contribution is 2.21. The van der Waals surface area contributed by atoms with Crippen LogP contribution in [0.5, 0.6) is 0 Å². The first-order valence-corrected chi connectivity index (χ1v) is 6.48. The molecule has 2 heterocycles. The molecule has 1 aliphatic heterocycles. The minimum Gasteiger partial charge on any atom is -0.405 e. The maximum Gasteiger partial charge on any atom is 0.532 e. The predicted molar refractivity (Wildman–Crippen MR) is 74.6 cm³/mol. The van der Waals surface area contributed by atoms with Gasteiger partial charge in [0.1, 0.15) is 5.72 Å². The van der Waals surface area contributed by atoms with Crippen molar-refractivity contribution in [3.63, 3.8) is 0 Å². The van der Waals surface area contributed by atoms with Crippen molar-refractivity contribution in [2.24, 2.45) is 5.41 Å². The summed E-state index contributed by atoms with van der Waals surface area (Å²) in [4.78, 5) is 4.38. The first-order chi connectivity index (χ1) is 9.16. The van der Waals surface area contributed by atoms with E-state index in [4.69, 9.17) is 9.31 Å². The molecule has 0 radical (unpaired) electrons. The summed E-state index contributed by atoms with van der Waals surface area (Å²) in [5.41, 5.74) is 1.93. The van der Waals surface area contributed by atoms with Crippen LogP contribution in [0.15, 0.2) is 42.7 Å². The van der Waals surface area contributed by atoms with E-state index in [2.05, 4.69) is 18.8 Å². The summed E-state index contributed by atoms with van der Waals surface area (Å²) in [5.74, 6) is 0. The van der Waals surface area contributed by atoms with E-state index in [1.807, 2.05) is 41.1 Å². The standard InChI is InChI=1S/C14H17BN2O2/c1-14(2)10-18-15(19-11-14)13-16-8-9-17(13)12-6-4-3-5-7-12/h3-9H,10-11H2,1-2H3. The molecule has 0 spiro atoms. The molecule has 5 heteroatoms. The van der Waals surface area contributed by atoms with Crippen molar-refractivity contribution < 1.29 is 9.31 Å². The number of hydrogen-bond donors (Lipinski definition) is 0. The summed E-state index contributed by atoms with van der Waals surface area (Å²) in [6, 6.07) is 10.1. The van der Waals surface area contributed by atoms with Gasteiger partial charge in [0, 0.05) is 36.7 Å². The van der Waals surface area contributed by atoms with Crippen LogP contribution < -0.4 is 5.72 Å². The van der Waals surface area contributed by atoms with Crippen LogP contribution in [0.4, 0.5) is 0 Å². The SMILES string of the molecule is CC1(C)COB(c2nccn2-c2ccccc2)OC1. The minimum absolute atomic E-state index is 0.0701. The number of rotatable bonds is 2. The van der Waals surface area contributed by atoms with Crippen LogP contribution in [0.1, 0.15) is 13.8 Å². The van der Waals surface area contributed by atoms with Crippen molar-refractivity contribution >= 4 is 12.8 Å². The van der Waals surface area contributed by atoms with Crippen LogP contribution in [-0.4, -0.2) is 29.9 Å². The Morgan fingerprint density at radius 1 is 1.16 bits per heavy atom. The largest absolute Gasteiger partial charge is 0.532 e. The molecule has 1 saturated heterocycles. The Bertz CT molecular complexity index is 544. The lowest BCUT2D eigenvalue weighted by atomic mass is 9.82. The quantitative estimate of drug-likeness (QED) is 0.766. The lowest BCUT2D eigenvalue weighted by Crippen LogP contribution is -2.50. The van der Waals surface area contributed by atoms with E-state index in [0.29, 0.717) is 13.2 Å².